The van der Waals surface area contributed by atoms with Gasteiger partial charge in [0.2, 0.25) is 5.91 Å². The Bertz CT molecular complexity index is 683. The normalized spacial score (nSPS) is 20.5. The molecule has 24 heavy (non-hydrogen) atoms. The molecule has 1 aliphatic heterocycles. The number of amides is 2. The van der Waals surface area contributed by atoms with Gasteiger partial charge < -0.3 is 14.6 Å². The van der Waals surface area contributed by atoms with Crippen LogP contribution in [-0.4, -0.2) is 35.1 Å². The van der Waals surface area contributed by atoms with Crippen molar-refractivity contribution in [2.45, 2.75) is 25.3 Å². The van der Waals surface area contributed by atoms with Crippen LogP contribution in [0.1, 0.15) is 34.5 Å². The predicted molar refractivity (Wildman–Crippen MR) is 96.0 cm³/mol. The zero-order chi connectivity index (χ0) is 17.1. The molecule has 2 aromatic heterocycles. The second kappa shape index (κ2) is 7.44. The molecule has 0 aromatic carbocycles. The number of carbonyl (C=O) groups is 2. The Morgan fingerprint density at radius 1 is 1.42 bits per heavy atom. The highest BCUT2D eigenvalue weighted by atomic mass is 32.2. The average Bonchev–Trinajstić information content (AvgIpc) is 3.32. The van der Waals surface area contributed by atoms with E-state index in [1.807, 2.05) is 31.4 Å². The van der Waals surface area contributed by atoms with Crippen LogP contribution < -0.4 is 5.32 Å². The molecule has 1 fully saturated rings. The third kappa shape index (κ3) is 3.52. The van der Waals surface area contributed by atoms with Crippen molar-refractivity contribution in [1.82, 2.24) is 10.2 Å². The van der Waals surface area contributed by atoms with Gasteiger partial charge in [0.1, 0.15) is 11.4 Å². The van der Waals surface area contributed by atoms with Gasteiger partial charge in [-0.15, -0.1) is 23.1 Å². The molecule has 3 rings (SSSR count). The van der Waals surface area contributed by atoms with E-state index < -0.39 is 6.04 Å². The summed E-state index contributed by atoms with van der Waals surface area (Å²) in [7, 11) is 0. The molecule has 1 N–H and O–H groups in total. The minimum atomic E-state index is -0.469. The number of rotatable bonds is 5. The summed E-state index contributed by atoms with van der Waals surface area (Å²) in [5.74, 6) is 0.754. The van der Waals surface area contributed by atoms with E-state index in [0.717, 1.165) is 5.56 Å². The van der Waals surface area contributed by atoms with E-state index in [9.17, 15) is 9.59 Å². The predicted octanol–water partition coefficient (Wildman–Crippen LogP) is 3.37. The SMILES string of the molecule is CC(C)CNC(=O)C1CSC(c2ccoc2)N1C(=O)c1cccs1. The summed E-state index contributed by atoms with van der Waals surface area (Å²) in [4.78, 5) is 27.9. The molecule has 0 saturated carbocycles. The van der Waals surface area contributed by atoms with Gasteiger partial charge in [0, 0.05) is 17.9 Å². The first-order chi connectivity index (χ1) is 11.6. The molecule has 1 aliphatic rings. The van der Waals surface area contributed by atoms with Crippen LogP contribution in [0.25, 0.3) is 0 Å². The standard InChI is InChI=1S/C17H20N2O3S2/c1-11(2)8-18-15(20)13-10-24-17(12-5-6-22-9-12)19(13)16(21)14-4-3-7-23-14/h3-7,9,11,13,17H,8,10H2,1-2H3,(H,18,20). The maximum absolute atomic E-state index is 13.0. The first kappa shape index (κ1) is 17.1. The van der Waals surface area contributed by atoms with Crippen molar-refractivity contribution < 1.29 is 14.0 Å². The number of hydrogen-bond donors (Lipinski definition) is 1. The largest absolute Gasteiger partial charge is 0.472 e. The molecule has 1 saturated heterocycles. The van der Waals surface area contributed by atoms with Gasteiger partial charge in [0.25, 0.3) is 5.91 Å². The number of hydrogen-bond acceptors (Lipinski definition) is 5. The third-order valence-corrected chi connectivity index (χ3v) is 5.96. The Labute approximate surface area is 149 Å². The van der Waals surface area contributed by atoms with Gasteiger partial charge in [-0.2, -0.15) is 0 Å². The molecule has 5 nitrogen and oxygen atoms in total. The maximum Gasteiger partial charge on any atom is 0.265 e. The number of thiophene rings is 1. The Kier molecular flexibility index (Phi) is 5.30. The van der Waals surface area contributed by atoms with Crippen LogP contribution in [0.2, 0.25) is 0 Å². The molecule has 7 heteroatoms. The summed E-state index contributed by atoms with van der Waals surface area (Å²) in [5, 5.41) is 4.63. The van der Waals surface area contributed by atoms with Crippen LogP contribution in [0.15, 0.2) is 40.5 Å². The highest BCUT2D eigenvalue weighted by molar-refractivity contribution is 7.99. The summed E-state index contributed by atoms with van der Waals surface area (Å²) < 4.78 is 5.17. The van der Waals surface area contributed by atoms with Gasteiger partial charge >= 0.3 is 0 Å². The Hall–Kier alpha value is -1.73. The summed E-state index contributed by atoms with van der Waals surface area (Å²) >= 11 is 2.99. The molecule has 3 heterocycles. The quantitative estimate of drug-likeness (QED) is 0.884. The fourth-order valence-corrected chi connectivity index (χ4v) is 4.65. The maximum atomic E-state index is 13.0. The lowest BCUT2D eigenvalue weighted by atomic mass is 10.2. The first-order valence-corrected chi connectivity index (χ1v) is 9.78. The summed E-state index contributed by atoms with van der Waals surface area (Å²) in [6.07, 6.45) is 3.23. The van der Waals surface area contributed by atoms with Crippen molar-refractivity contribution in [3.8, 4) is 0 Å². The lowest BCUT2D eigenvalue weighted by Gasteiger charge is -2.28. The zero-order valence-corrected chi connectivity index (χ0v) is 15.2. The summed E-state index contributed by atoms with van der Waals surface area (Å²) in [6, 6.07) is 5.02. The second-order valence-corrected chi connectivity index (χ2v) is 8.15. The van der Waals surface area contributed by atoms with Crippen LogP contribution in [0.4, 0.5) is 0 Å². The van der Waals surface area contributed by atoms with E-state index in [1.165, 1.54) is 11.3 Å². The number of nitrogens with one attached hydrogen (secondary N) is 1. The van der Waals surface area contributed by atoms with Crippen molar-refractivity contribution in [3.05, 3.63) is 46.5 Å². The van der Waals surface area contributed by atoms with E-state index in [0.29, 0.717) is 23.1 Å². The number of carbonyl (C=O) groups excluding carboxylic acids is 2. The van der Waals surface area contributed by atoms with Gasteiger partial charge in [-0.05, 0) is 23.4 Å². The number of furan rings is 1. The Morgan fingerprint density at radius 2 is 2.25 bits per heavy atom. The zero-order valence-electron chi connectivity index (χ0n) is 13.6. The lowest BCUT2D eigenvalue weighted by molar-refractivity contribution is -0.125. The van der Waals surface area contributed by atoms with Gasteiger partial charge in [-0.25, -0.2) is 0 Å². The first-order valence-electron chi connectivity index (χ1n) is 7.85. The fraction of sp³-hybridized carbons (Fsp3) is 0.412. The molecule has 0 aliphatic carbocycles. The topological polar surface area (TPSA) is 62.6 Å². The molecule has 2 aromatic rings. The molecule has 0 bridgehead atoms. The van der Waals surface area contributed by atoms with E-state index in [-0.39, 0.29) is 17.2 Å². The molecule has 0 spiro atoms. The van der Waals surface area contributed by atoms with E-state index >= 15 is 0 Å². The van der Waals surface area contributed by atoms with Crippen LogP contribution in [0.5, 0.6) is 0 Å². The van der Waals surface area contributed by atoms with E-state index in [1.54, 1.807) is 35.3 Å². The van der Waals surface area contributed by atoms with E-state index in [4.69, 9.17) is 4.42 Å². The minimum absolute atomic E-state index is 0.0906. The molecule has 2 atom stereocenters. The Balaban J connectivity index is 1.85. The van der Waals surface area contributed by atoms with Crippen molar-refractivity contribution >= 4 is 34.9 Å². The second-order valence-electron chi connectivity index (χ2n) is 6.09. The molecule has 2 amide bonds. The Morgan fingerprint density at radius 3 is 2.88 bits per heavy atom. The molecule has 2 unspecified atom stereocenters. The molecular weight excluding hydrogens is 344 g/mol. The van der Waals surface area contributed by atoms with Crippen molar-refractivity contribution in [2.24, 2.45) is 5.92 Å². The van der Waals surface area contributed by atoms with Crippen molar-refractivity contribution in [2.75, 3.05) is 12.3 Å². The van der Waals surface area contributed by atoms with Crippen molar-refractivity contribution in [3.63, 3.8) is 0 Å². The molecule has 128 valence electrons. The van der Waals surface area contributed by atoms with Gasteiger partial charge in [0.05, 0.1) is 17.4 Å². The number of nitrogens with zero attached hydrogens (tertiary/aromatic N) is 1. The lowest BCUT2D eigenvalue weighted by Crippen LogP contribution is -2.48. The molecular formula is C17H20N2O3S2. The average molecular weight is 364 g/mol. The number of thioether (sulfide) groups is 1. The summed E-state index contributed by atoms with van der Waals surface area (Å²) in [6.45, 7) is 4.70. The van der Waals surface area contributed by atoms with Gasteiger partial charge in [0.15, 0.2) is 0 Å². The third-order valence-electron chi connectivity index (χ3n) is 3.78. The van der Waals surface area contributed by atoms with Gasteiger partial charge in [-0.1, -0.05) is 19.9 Å². The van der Waals surface area contributed by atoms with Crippen LogP contribution in [0.3, 0.4) is 0 Å². The van der Waals surface area contributed by atoms with Crippen LogP contribution >= 0.6 is 23.1 Å². The highest BCUT2D eigenvalue weighted by Crippen LogP contribution is 2.42. The van der Waals surface area contributed by atoms with E-state index in [2.05, 4.69) is 5.32 Å². The highest BCUT2D eigenvalue weighted by Gasteiger charge is 2.43. The minimum Gasteiger partial charge on any atom is -0.472 e. The van der Waals surface area contributed by atoms with Crippen LogP contribution in [-0.2, 0) is 4.79 Å². The fourth-order valence-electron chi connectivity index (χ4n) is 2.58. The molecule has 0 radical (unpaired) electrons. The van der Waals surface area contributed by atoms with Gasteiger partial charge in [-0.3, -0.25) is 9.59 Å². The summed E-state index contributed by atoms with van der Waals surface area (Å²) in [5.41, 5.74) is 0.907. The smallest absolute Gasteiger partial charge is 0.265 e. The monoisotopic (exact) mass is 364 g/mol. The van der Waals surface area contributed by atoms with Crippen molar-refractivity contribution in [1.29, 1.82) is 0 Å². The van der Waals surface area contributed by atoms with Crippen LogP contribution in [0, 0.1) is 5.92 Å².